The lowest BCUT2D eigenvalue weighted by molar-refractivity contribution is 0.00861. The predicted molar refractivity (Wildman–Crippen MR) is 107 cm³/mol. The Morgan fingerprint density at radius 2 is 1.77 bits per heavy atom. The molecule has 2 fully saturated rings. The summed E-state index contributed by atoms with van der Waals surface area (Å²) in [6.45, 7) is 0.470. The standard InChI is InChI=1S/C22H20N2O6/c25-21(17-9-4-10-27-17)23-16-11-28-20-18(12-29-19(16)20)30-22(26)24-15-8-3-6-13-5-1-2-7-14(13)15/h1-10,16,18-20H,11-12H2,(H,23,25)(H,24,26)/t16-,18-,19-,20+/m0/s1. The Labute approximate surface area is 172 Å². The molecule has 5 rings (SSSR count). The smallest absolute Gasteiger partial charge is 0.412 e. The molecular weight excluding hydrogens is 388 g/mol. The van der Waals surface area contributed by atoms with Crippen LogP contribution in [-0.2, 0) is 14.2 Å². The molecule has 0 saturated carbocycles. The minimum Gasteiger partial charge on any atom is -0.459 e. The molecule has 2 aliphatic heterocycles. The molecule has 4 atom stereocenters. The SMILES string of the molecule is O=C(Nc1cccc2ccccc12)O[C@H]1CO[C@@H]2[C@@H]1OC[C@@H]2NC(=O)c1ccco1. The van der Waals surface area contributed by atoms with E-state index < -0.39 is 18.3 Å². The summed E-state index contributed by atoms with van der Waals surface area (Å²) in [5, 5.41) is 7.60. The first-order valence-corrected chi connectivity index (χ1v) is 9.72. The van der Waals surface area contributed by atoms with E-state index >= 15 is 0 Å². The molecular formula is C22H20N2O6. The Hall–Kier alpha value is -3.36. The number of nitrogens with one attached hydrogen (secondary N) is 2. The van der Waals surface area contributed by atoms with Crippen LogP contribution in [0.1, 0.15) is 10.6 Å². The number of carbonyl (C=O) groups excluding carboxylic acids is 2. The van der Waals surface area contributed by atoms with Crippen LogP contribution in [0.2, 0.25) is 0 Å². The van der Waals surface area contributed by atoms with Crippen LogP contribution in [0.15, 0.2) is 65.3 Å². The van der Waals surface area contributed by atoms with Gasteiger partial charge in [0.25, 0.3) is 5.91 Å². The Bertz CT molecular complexity index is 1060. The van der Waals surface area contributed by atoms with Crippen molar-refractivity contribution >= 4 is 28.5 Å². The van der Waals surface area contributed by atoms with Crippen LogP contribution in [0, 0.1) is 0 Å². The number of amides is 2. The summed E-state index contributed by atoms with van der Waals surface area (Å²) >= 11 is 0. The fourth-order valence-electron chi connectivity index (χ4n) is 3.95. The van der Waals surface area contributed by atoms with Crippen molar-refractivity contribution in [2.45, 2.75) is 24.4 Å². The highest BCUT2D eigenvalue weighted by Crippen LogP contribution is 2.30. The lowest BCUT2D eigenvalue weighted by Crippen LogP contribution is -2.44. The molecule has 2 N–H and O–H groups in total. The maximum absolute atomic E-state index is 12.5. The topological polar surface area (TPSA) is 99.0 Å². The average Bonchev–Trinajstić information content (AvgIpc) is 3.49. The van der Waals surface area contributed by atoms with Crippen molar-refractivity contribution < 1.29 is 28.2 Å². The molecule has 8 heteroatoms. The lowest BCUT2D eigenvalue weighted by atomic mass is 10.1. The summed E-state index contributed by atoms with van der Waals surface area (Å²) in [5.74, 6) is -0.116. The summed E-state index contributed by atoms with van der Waals surface area (Å²) in [6, 6.07) is 16.3. The normalized spacial score (nSPS) is 25.1. The molecule has 0 bridgehead atoms. The van der Waals surface area contributed by atoms with Gasteiger partial charge >= 0.3 is 6.09 Å². The van der Waals surface area contributed by atoms with Crippen LogP contribution in [0.5, 0.6) is 0 Å². The Kier molecular flexibility index (Phi) is 4.86. The fraction of sp³-hybridized carbons (Fsp3) is 0.273. The molecule has 2 aromatic carbocycles. The molecule has 1 aromatic heterocycles. The van der Waals surface area contributed by atoms with Gasteiger partial charge in [-0.1, -0.05) is 36.4 Å². The van der Waals surface area contributed by atoms with Gasteiger partial charge < -0.3 is 23.9 Å². The highest BCUT2D eigenvalue weighted by Gasteiger charge is 2.50. The maximum atomic E-state index is 12.5. The van der Waals surface area contributed by atoms with E-state index in [2.05, 4.69) is 10.6 Å². The average molecular weight is 408 g/mol. The second-order valence-corrected chi connectivity index (χ2v) is 7.25. The van der Waals surface area contributed by atoms with Crippen LogP contribution in [-0.4, -0.2) is 49.6 Å². The zero-order chi connectivity index (χ0) is 20.5. The first-order chi connectivity index (χ1) is 14.7. The summed E-state index contributed by atoms with van der Waals surface area (Å²) in [6.07, 6.45) is -0.528. The third-order valence-corrected chi connectivity index (χ3v) is 5.35. The van der Waals surface area contributed by atoms with E-state index in [1.54, 1.807) is 12.1 Å². The molecule has 0 spiro atoms. The van der Waals surface area contributed by atoms with Crippen molar-refractivity contribution in [3.8, 4) is 0 Å². The first kappa shape index (κ1) is 18.7. The van der Waals surface area contributed by atoms with Gasteiger partial charge in [-0.15, -0.1) is 0 Å². The number of hydrogen-bond donors (Lipinski definition) is 2. The van der Waals surface area contributed by atoms with Crippen molar-refractivity contribution in [3.05, 3.63) is 66.6 Å². The number of carbonyl (C=O) groups is 2. The number of ether oxygens (including phenoxy) is 3. The number of benzene rings is 2. The van der Waals surface area contributed by atoms with Crippen molar-refractivity contribution in [3.63, 3.8) is 0 Å². The van der Waals surface area contributed by atoms with Gasteiger partial charge in [0.05, 0.1) is 31.2 Å². The second-order valence-electron chi connectivity index (χ2n) is 7.25. The van der Waals surface area contributed by atoms with Crippen LogP contribution in [0.25, 0.3) is 10.8 Å². The molecule has 0 radical (unpaired) electrons. The van der Waals surface area contributed by atoms with Crippen molar-refractivity contribution in [1.29, 1.82) is 0 Å². The highest BCUT2D eigenvalue weighted by atomic mass is 16.6. The maximum Gasteiger partial charge on any atom is 0.412 e. The van der Waals surface area contributed by atoms with E-state index in [-0.39, 0.29) is 37.0 Å². The third-order valence-electron chi connectivity index (χ3n) is 5.35. The van der Waals surface area contributed by atoms with Crippen molar-refractivity contribution in [2.75, 3.05) is 18.5 Å². The van der Waals surface area contributed by atoms with E-state index in [0.717, 1.165) is 10.8 Å². The van der Waals surface area contributed by atoms with E-state index in [9.17, 15) is 9.59 Å². The highest BCUT2D eigenvalue weighted by molar-refractivity contribution is 6.00. The number of fused-ring (bicyclic) bond motifs is 2. The largest absolute Gasteiger partial charge is 0.459 e. The Morgan fingerprint density at radius 3 is 2.63 bits per heavy atom. The number of hydrogen-bond acceptors (Lipinski definition) is 6. The van der Waals surface area contributed by atoms with Crippen LogP contribution in [0.3, 0.4) is 0 Å². The van der Waals surface area contributed by atoms with Gasteiger partial charge in [-0.05, 0) is 23.6 Å². The number of furan rings is 1. The number of anilines is 1. The minimum absolute atomic E-state index is 0.200. The predicted octanol–water partition coefficient (Wildman–Crippen LogP) is 2.95. The van der Waals surface area contributed by atoms with Crippen LogP contribution >= 0.6 is 0 Å². The Balaban J connectivity index is 1.21. The zero-order valence-corrected chi connectivity index (χ0v) is 15.9. The third kappa shape index (κ3) is 3.51. The molecule has 0 unspecified atom stereocenters. The monoisotopic (exact) mass is 408 g/mol. The summed E-state index contributed by atoms with van der Waals surface area (Å²) in [5.41, 5.74) is 0.671. The van der Waals surface area contributed by atoms with Crippen LogP contribution < -0.4 is 10.6 Å². The van der Waals surface area contributed by atoms with Gasteiger partial charge in [-0.3, -0.25) is 10.1 Å². The van der Waals surface area contributed by atoms with Gasteiger partial charge in [-0.2, -0.15) is 0 Å². The fourth-order valence-corrected chi connectivity index (χ4v) is 3.95. The molecule has 3 aromatic rings. The van der Waals surface area contributed by atoms with Gasteiger partial charge in [0, 0.05) is 5.39 Å². The number of rotatable bonds is 4. The zero-order valence-electron chi connectivity index (χ0n) is 15.9. The van der Waals surface area contributed by atoms with E-state index in [0.29, 0.717) is 5.69 Å². The van der Waals surface area contributed by atoms with E-state index in [1.807, 2.05) is 42.5 Å². The minimum atomic E-state index is -0.577. The van der Waals surface area contributed by atoms with Crippen molar-refractivity contribution in [1.82, 2.24) is 5.32 Å². The lowest BCUT2D eigenvalue weighted by Gasteiger charge is -2.18. The molecule has 154 valence electrons. The van der Waals surface area contributed by atoms with E-state index in [1.165, 1.54) is 6.26 Å². The molecule has 2 amide bonds. The van der Waals surface area contributed by atoms with Gasteiger partial charge in [-0.25, -0.2) is 4.79 Å². The van der Waals surface area contributed by atoms with Gasteiger partial charge in [0.2, 0.25) is 0 Å². The summed E-state index contributed by atoms with van der Waals surface area (Å²) < 4.78 is 22.2. The van der Waals surface area contributed by atoms with Gasteiger partial charge in [0.15, 0.2) is 11.9 Å². The summed E-state index contributed by atoms with van der Waals surface area (Å²) in [7, 11) is 0. The molecule has 2 aliphatic rings. The molecule has 0 aliphatic carbocycles. The van der Waals surface area contributed by atoms with Crippen LogP contribution in [0.4, 0.5) is 10.5 Å². The Morgan fingerprint density at radius 1 is 0.933 bits per heavy atom. The molecule has 3 heterocycles. The van der Waals surface area contributed by atoms with Gasteiger partial charge in [0.1, 0.15) is 12.2 Å². The molecule has 8 nitrogen and oxygen atoms in total. The molecule has 2 saturated heterocycles. The molecule has 30 heavy (non-hydrogen) atoms. The quantitative estimate of drug-likeness (QED) is 0.689. The summed E-state index contributed by atoms with van der Waals surface area (Å²) in [4.78, 5) is 24.7. The van der Waals surface area contributed by atoms with Crippen molar-refractivity contribution in [2.24, 2.45) is 0 Å². The first-order valence-electron chi connectivity index (χ1n) is 9.72. The second kappa shape index (κ2) is 7.81. The van der Waals surface area contributed by atoms with E-state index in [4.69, 9.17) is 18.6 Å².